The molecule has 0 aliphatic heterocycles. The minimum atomic E-state index is 0.811. The van der Waals surface area contributed by atoms with Crippen LogP contribution in [0.3, 0.4) is 0 Å². The second-order valence-electron chi connectivity index (χ2n) is 4.49. The molecule has 2 nitrogen and oxygen atoms in total. The van der Waals surface area contributed by atoms with Gasteiger partial charge in [-0.3, -0.25) is 0 Å². The summed E-state index contributed by atoms with van der Waals surface area (Å²) in [4.78, 5) is 2.23. The molecule has 18 heavy (non-hydrogen) atoms. The number of aryl methyl sites for hydroxylation is 1. The largest absolute Gasteiger partial charge is 0.399 e. The Bertz CT molecular complexity index is 552. The summed E-state index contributed by atoms with van der Waals surface area (Å²) in [5.74, 6) is 0. The van der Waals surface area contributed by atoms with Gasteiger partial charge in [-0.25, -0.2) is 0 Å². The third-order valence-electron chi connectivity index (χ3n) is 3.00. The smallest absolute Gasteiger partial charge is 0.0437 e. The summed E-state index contributed by atoms with van der Waals surface area (Å²) in [6, 6.07) is 14.3. The van der Waals surface area contributed by atoms with Crippen LogP contribution in [0, 0.1) is 6.92 Å². The molecular formula is C15H17BrN2. The number of nitrogens with zero attached hydrogens (tertiary/aromatic N) is 1. The zero-order valence-corrected chi connectivity index (χ0v) is 12.2. The van der Waals surface area contributed by atoms with Gasteiger partial charge >= 0.3 is 0 Å². The fourth-order valence-electron chi connectivity index (χ4n) is 2.07. The van der Waals surface area contributed by atoms with Crippen LogP contribution < -0.4 is 10.6 Å². The number of nitrogen functional groups attached to an aromatic ring is 1. The lowest BCUT2D eigenvalue weighted by atomic mass is 10.1. The number of hydrogen-bond donors (Lipinski definition) is 1. The van der Waals surface area contributed by atoms with Crippen LogP contribution in [0.25, 0.3) is 0 Å². The lowest BCUT2D eigenvalue weighted by Crippen LogP contribution is -2.17. The first-order chi connectivity index (χ1) is 8.58. The highest BCUT2D eigenvalue weighted by atomic mass is 79.9. The summed E-state index contributed by atoms with van der Waals surface area (Å²) in [6.45, 7) is 2.95. The Morgan fingerprint density at radius 1 is 1.17 bits per heavy atom. The Balaban J connectivity index is 2.22. The summed E-state index contributed by atoms with van der Waals surface area (Å²) >= 11 is 3.58. The molecule has 0 aromatic heterocycles. The third-order valence-corrected chi connectivity index (χ3v) is 3.77. The summed E-state index contributed by atoms with van der Waals surface area (Å²) < 4.78 is 1.14. The van der Waals surface area contributed by atoms with E-state index in [1.54, 1.807) is 0 Å². The molecule has 0 heterocycles. The predicted molar refractivity (Wildman–Crippen MR) is 81.8 cm³/mol. The van der Waals surface area contributed by atoms with E-state index in [1.807, 2.05) is 18.2 Å². The topological polar surface area (TPSA) is 29.3 Å². The van der Waals surface area contributed by atoms with E-state index in [0.717, 1.165) is 16.7 Å². The van der Waals surface area contributed by atoms with Gasteiger partial charge in [0.25, 0.3) is 0 Å². The van der Waals surface area contributed by atoms with Gasteiger partial charge in [-0.15, -0.1) is 0 Å². The first-order valence-electron chi connectivity index (χ1n) is 5.88. The highest BCUT2D eigenvalue weighted by Crippen LogP contribution is 2.24. The van der Waals surface area contributed by atoms with E-state index in [1.165, 1.54) is 16.8 Å². The second-order valence-corrected chi connectivity index (χ2v) is 5.35. The SMILES string of the molecule is Cc1cc(N)ccc1N(C)Cc1ccccc1Br. The molecule has 0 bridgehead atoms. The van der Waals surface area contributed by atoms with Gasteiger partial charge in [0.2, 0.25) is 0 Å². The van der Waals surface area contributed by atoms with Gasteiger partial charge in [-0.05, 0) is 42.3 Å². The van der Waals surface area contributed by atoms with Crippen molar-refractivity contribution in [3.8, 4) is 0 Å². The normalized spacial score (nSPS) is 10.4. The van der Waals surface area contributed by atoms with Crippen molar-refractivity contribution in [2.75, 3.05) is 17.7 Å². The van der Waals surface area contributed by atoms with Crippen molar-refractivity contribution >= 4 is 27.3 Å². The molecule has 2 aromatic rings. The molecule has 0 aliphatic carbocycles. The summed E-state index contributed by atoms with van der Waals surface area (Å²) in [6.07, 6.45) is 0. The number of hydrogen-bond acceptors (Lipinski definition) is 2. The van der Waals surface area contributed by atoms with E-state index >= 15 is 0 Å². The number of benzene rings is 2. The molecule has 2 aromatic carbocycles. The zero-order chi connectivity index (χ0) is 13.1. The Morgan fingerprint density at radius 2 is 1.89 bits per heavy atom. The molecule has 0 unspecified atom stereocenters. The average molecular weight is 305 g/mol. The monoisotopic (exact) mass is 304 g/mol. The van der Waals surface area contributed by atoms with E-state index in [0.29, 0.717) is 0 Å². The van der Waals surface area contributed by atoms with Gasteiger partial charge in [0.15, 0.2) is 0 Å². The minimum Gasteiger partial charge on any atom is -0.399 e. The number of halogens is 1. The van der Waals surface area contributed by atoms with Crippen molar-refractivity contribution in [2.24, 2.45) is 0 Å². The predicted octanol–water partition coefficient (Wildman–Crippen LogP) is 3.98. The van der Waals surface area contributed by atoms with Crippen LogP contribution in [0.4, 0.5) is 11.4 Å². The molecule has 0 saturated carbocycles. The average Bonchev–Trinajstić information content (AvgIpc) is 2.32. The van der Waals surface area contributed by atoms with Crippen molar-refractivity contribution in [3.05, 3.63) is 58.1 Å². The molecule has 3 heteroatoms. The Labute approximate surface area is 117 Å². The van der Waals surface area contributed by atoms with Gasteiger partial charge in [0.1, 0.15) is 0 Å². The van der Waals surface area contributed by atoms with Crippen LogP contribution in [-0.4, -0.2) is 7.05 Å². The van der Waals surface area contributed by atoms with Crippen LogP contribution in [0.2, 0.25) is 0 Å². The highest BCUT2D eigenvalue weighted by Gasteiger charge is 2.07. The van der Waals surface area contributed by atoms with Crippen LogP contribution >= 0.6 is 15.9 Å². The fraction of sp³-hybridized carbons (Fsp3) is 0.200. The number of nitrogens with two attached hydrogens (primary N) is 1. The Hall–Kier alpha value is -1.48. The maximum Gasteiger partial charge on any atom is 0.0437 e. The Morgan fingerprint density at radius 3 is 2.56 bits per heavy atom. The van der Waals surface area contributed by atoms with Crippen molar-refractivity contribution in [1.82, 2.24) is 0 Å². The highest BCUT2D eigenvalue weighted by molar-refractivity contribution is 9.10. The van der Waals surface area contributed by atoms with E-state index in [2.05, 4.69) is 59.1 Å². The maximum absolute atomic E-state index is 5.78. The first-order valence-corrected chi connectivity index (χ1v) is 6.68. The minimum absolute atomic E-state index is 0.811. The molecule has 0 radical (unpaired) electrons. The lowest BCUT2D eigenvalue weighted by Gasteiger charge is -2.22. The van der Waals surface area contributed by atoms with Gasteiger partial charge in [0.05, 0.1) is 0 Å². The van der Waals surface area contributed by atoms with Gasteiger partial charge in [0, 0.05) is 29.4 Å². The van der Waals surface area contributed by atoms with Crippen molar-refractivity contribution in [3.63, 3.8) is 0 Å². The first kappa shape index (κ1) is 13.0. The van der Waals surface area contributed by atoms with Gasteiger partial charge in [-0.1, -0.05) is 34.1 Å². The number of anilines is 2. The molecule has 94 valence electrons. The maximum atomic E-state index is 5.78. The van der Waals surface area contributed by atoms with Crippen molar-refractivity contribution in [1.29, 1.82) is 0 Å². The quantitative estimate of drug-likeness (QED) is 0.869. The number of rotatable bonds is 3. The van der Waals surface area contributed by atoms with Crippen LogP contribution in [0.1, 0.15) is 11.1 Å². The van der Waals surface area contributed by atoms with E-state index in [-0.39, 0.29) is 0 Å². The van der Waals surface area contributed by atoms with E-state index in [4.69, 9.17) is 5.73 Å². The van der Waals surface area contributed by atoms with Crippen molar-refractivity contribution in [2.45, 2.75) is 13.5 Å². The molecule has 0 atom stereocenters. The second kappa shape index (κ2) is 5.44. The van der Waals surface area contributed by atoms with E-state index < -0.39 is 0 Å². The fourth-order valence-corrected chi connectivity index (χ4v) is 2.48. The molecule has 0 fully saturated rings. The lowest BCUT2D eigenvalue weighted by molar-refractivity contribution is 0.913. The zero-order valence-electron chi connectivity index (χ0n) is 10.7. The molecule has 0 saturated heterocycles. The third kappa shape index (κ3) is 2.85. The molecule has 2 N–H and O–H groups in total. The summed E-state index contributed by atoms with van der Waals surface area (Å²) in [7, 11) is 2.10. The summed E-state index contributed by atoms with van der Waals surface area (Å²) in [5.41, 5.74) is 10.3. The van der Waals surface area contributed by atoms with Gasteiger partial charge < -0.3 is 10.6 Å². The Kier molecular flexibility index (Phi) is 3.92. The standard InChI is InChI=1S/C15H17BrN2/c1-11-9-13(17)7-8-15(11)18(2)10-12-5-3-4-6-14(12)16/h3-9H,10,17H2,1-2H3. The molecule has 0 amide bonds. The molecule has 2 rings (SSSR count). The van der Waals surface area contributed by atoms with Crippen LogP contribution in [0.15, 0.2) is 46.9 Å². The van der Waals surface area contributed by atoms with Crippen molar-refractivity contribution < 1.29 is 0 Å². The van der Waals surface area contributed by atoms with Gasteiger partial charge in [-0.2, -0.15) is 0 Å². The molecule has 0 aliphatic rings. The molecule has 0 spiro atoms. The van der Waals surface area contributed by atoms with E-state index in [9.17, 15) is 0 Å². The summed E-state index contributed by atoms with van der Waals surface area (Å²) in [5, 5.41) is 0. The van der Waals surface area contributed by atoms with Crippen LogP contribution in [-0.2, 0) is 6.54 Å². The molecular weight excluding hydrogens is 288 g/mol. The van der Waals surface area contributed by atoms with Crippen LogP contribution in [0.5, 0.6) is 0 Å².